The van der Waals surface area contributed by atoms with Gasteiger partial charge in [0.2, 0.25) is 0 Å². The van der Waals surface area contributed by atoms with Gasteiger partial charge in [0.05, 0.1) is 13.2 Å². The summed E-state index contributed by atoms with van der Waals surface area (Å²) in [4.78, 5) is 2.55. The molecule has 1 aromatic carbocycles. The maximum Gasteiger partial charge on any atom is 0.0594 e. The third-order valence-corrected chi connectivity index (χ3v) is 4.78. The maximum atomic E-state index is 6.49. The van der Waals surface area contributed by atoms with Crippen molar-refractivity contribution in [2.75, 3.05) is 32.8 Å². The van der Waals surface area contributed by atoms with Gasteiger partial charge in [0.25, 0.3) is 0 Å². The van der Waals surface area contributed by atoms with E-state index in [0.29, 0.717) is 12.1 Å². The van der Waals surface area contributed by atoms with Crippen LogP contribution >= 0.6 is 24.0 Å². The molecule has 1 aromatic rings. The van der Waals surface area contributed by atoms with Crippen LogP contribution in [0.1, 0.15) is 23.6 Å². The molecule has 0 amide bonds. The third kappa shape index (κ3) is 3.12. The fourth-order valence-corrected chi connectivity index (χ4v) is 3.46. The van der Waals surface area contributed by atoms with Crippen LogP contribution < -0.4 is 5.32 Å². The van der Waals surface area contributed by atoms with E-state index in [1.165, 1.54) is 12.0 Å². The zero-order valence-electron chi connectivity index (χ0n) is 11.8. The van der Waals surface area contributed by atoms with E-state index in [1.807, 2.05) is 0 Å². The molecule has 0 bridgehead atoms. The average molecular weight is 317 g/mol. The lowest BCUT2D eigenvalue weighted by atomic mass is 9.97. The molecule has 0 aromatic heterocycles. The second-order valence-electron chi connectivity index (χ2n) is 5.41. The van der Waals surface area contributed by atoms with Gasteiger partial charge in [-0.25, -0.2) is 0 Å². The zero-order valence-corrected chi connectivity index (χ0v) is 13.3. The molecule has 1 N–H and O–H groups in total. The lowest BCUT2D eigenvalue weighted by molar-refractivity contribution is 0.0139. The first kappa shape index (κ1) is 16.1. The maximum absolute atomic E-state index is 6.49. The number of hydrogen-bond donors (Lipinski definition) is 1. The Morgan fingerprint density at radius 2 is 2.05 bits per heavy atom. The van der Waals surface area contributed by atoms with E-state index >= 15 is 0 Å². The molecule has 0 unspecified atom stereocenters. The number of nitrogens with one attached hydrogen (secondary N) is 1. The molecule has 2 aliphatic rings. The highest BCUT2D eigenvalue weighted by Crippen LogP contribution is 2.34. The van der Waals surface area contributed by atoms with E-state index in [0.717, 1.165) is 43.4 Å². The van der Waals surface area contributed by atoms with Gasteiger partial charge in [-0.1, -0.05) is 29.8 Å². The minimum atomic E-state index is 0. The number of rotatable bonds is 2. The predicted octanol–water partition coefficient (Wildman–Crippen LogP) is 2.81. The molecule has 2 saturated heterocycles. The second kappa shape index (κ2) is 7.10. The molecule has 0 aliphatic carbocycles. The molecule has 2 heterocycles. The molecule has 0 spiro atoms. The van der Waals surface area contributed by atoms with Gasteiger partial charge in [-0.2, -0.15) is 0 Å². The van der Waals surface area contributed by atoms with Crippen molar-refractivity contribution in [2.45, 2.75) is 25.4 Å². The van der Waals surface area contributed by atoms with E-state index in [4.69, 9.17) is 16.3 Å². The summed E-state index contributed by atoms with van der Waals surface area (Å²) >= 11 is 6.49. The molecular formula is C15H22Cl2N2O. The second-order valence-corrected chi connectivity index (χ2v) is 5.79. The molecule has 3 rings (SSSR count). The van der Waals surface area contributed by atoms with Crippen molar-refractivity contribution in [3.05, 3.63) is 34.3 Å². The Kier molecular flexibility index (Phi) is 5.70. The van der Waals surface area contributed by atoms with Gasteiger partial charge < -0.3 is 10.1 Å². The highest BCUT2D eigenvalue weighted by atomic mass is 35.5. The zero-order chi connectivity index (χ0) is 13.2. The summed E-state index contributed by atoms with van der Waals surface area (Å²) in [6.07, 6.45) is 1.19. The van der Waals surface area contributed by atoms with Crippen molar-refractivity contribution < 1.29 is 4.74 Å². The smallest absolute Gasteiger partial charge is 0.0594 e. The quantitative estimate of drug-likeness (QED) is 0.908. The first-order valence-corrected chi connectivity index (χ1v) is 7.45. The highest BCUT2D eigenvalue weighted by Gasteiger charge is 2.34. The lowest BCUT2D eigenvalue weighted by Gasteiger charge is -2.35. The van der Waals surface area contributed by atoms with E-state index in [2.05, 4.69) is 35.3 Å². The summed E-state index contributed by atoms with van der Waals surface area (Å²) in [6.45, 7) is 6.91. The van der Waals surface area contributed by atoms with Crippen molar-refractivity contribution in [3.63, 3.8) is 0 Å². The van der Waals surface area contributed by atoms with Gasteiger partial charge in [0.1, 0.15) is 0 Å². The number of ether oxygens (including phenoxy) is 1. The van der Waals surface area contributed by atoms with Crippen LogP contribution in [0.4, 0.5) is 0 Å². The number of hydrogen-bond acceptors (Lipinski definition) is 3. The Bertz CT molecular complexity index is 449. The van der Waals surface area contributed by atoms with E-state index in [9.17, 15) is 0 Å². The van der Waals surface area contributed by atoms with Crippen LogP contribution in [0.25, 0.3) is 0 Å². The summed E-state index contributed by atoms with van der Waals surface area (Å²) in [6, 6.07) is 7.23. The molecular weight excluding hydrogens is 295 g/mol. The van der Waals surface area contributed by atoms with Crippen molar-refractivity contribution in [3.8, 4) is 0 Å². The molecule has 2 aliphatic heterocycles. The summed E-state index contributed by atoms with van der Waals surface area (Å²) in [7, 11) is 0. The van der Waals surface area contributed by atoms with E-state index in [1.54, 1.807) is 0 Å². The molecule has 5 heteroatoms. The first-order chi connectivity index (χ1) is 9.27. The summed E-state index contributed by atoms with van der Waals surface area (Å²) in [5.41, 5.74) is 2.41. The van der Waals surface area contributed by atoms with Gasteiger partial charge in [-0.3, -0.25) is 4.90 Å². The molecule has 20 heavy (non-hydrogen) atoms. The van der Waals surface area contributed by atoms with Gasteiger partial charge in [0.15, 0.2) is 0 Å². The molecule has 2 atom stereocenters. The molecule has 112 valence electrons. The van der Waals surface area contributed by atoms with Crippen LogP contribution in [-0.4, -0.2) is 43.8 Å². The number of benzene rings is 1. The van der Waals surface area contributed by atoms with Gasteiger partial charge in [0, 0.05) is 30.2 Å². The normalized spacial score (nSPS) is 27.3. The first-order valence-electron chi connectivity index (χ1n) is 7.07. The van der Waals surface area contributed by atoms with Gasteiger partial charge in [-0.15, -0.1) is 12.4 Å². The Morgan fingerprint density at radius 1 is 1.30 bits per heavy atom. The van der Waals surface area contributed by atoms with E-state index < -0.39 is 0 Å². The van der Waals surface area contributed by atoms with Crippen LogP contribution in [0.5, 0.6) is 0 Å². The van der Waals surface area contributed by atoms with Crippen molar-refractivity contribution in [2.24, 2.45) is 0 Å². The predicted molar refractivity (Wildman–Crippen MR) is 85.0 cm³/mol. The minimum absolute atomic E-state index is 0. The van der Waals surface area contributed by atoms with Crippen LogP contribution in [-0.2, 0) is 4.74 Å². The fraction of sp³-hybridized carbons (Fsp3) is 0.600. The van der Waals surface area contributed by atoms with Crippen LogP contribution in [0, 0.1) is 6.92 Å². The monoisotopic (exact) mass is 316 g/mol. The Hall–Kier alpha value is -0.320. The largest absolute Gasteiger partial charge is 0.379 e. The van der Waals surface area contributed by atoms with Crippen molar-refractivity contribution >= 4 is 24.0 Å². The van der Waals surface area contributed by atoms with Gasteiger partial charge >= 0.3 is 0 Å². The number of morpholine rings is 1. The lowest BCUT2D eigenvalue weighted by Crippen LogP contribution is -2.45. The van der Waals surface area contributed by atoms with Crippen molar-refractivity contribution in [1.29, 1.82) is 0 Å². The average Bonchev–Trinajstić information content (AvgIpc) is 2.92. The Morgan fingerprint density at radius 3 is 2.80 bits per heavy atom. The topological polar surface area (TPSA) is 24.5 Å². The minimum Gasteiger partial charge on any atom is -0.379 e. The molecule has 3 nitrogen and oxygen atoms in total. The summed E-state index contributed by atoms with van der Waals surface area (Å²) < 4.78 is 5.45. The SMILES string of the molecule is Cc1cccc([C@H]2NCC[C@H]2N2CCOCC2)c1Cl.Cl. The number of halogens is 2. The van der Waals surface area contributed by atoms with Gasteiger partial charge in [-0.05, 0) is 31.0 Å². The van der Waals surface area contributed by atoms with Crippen LogP contribution in [0.15, 0.2) is 18.2 Å². The third-order valence-electron chi connectivity index (χ3n) is 4.26. The van der Waals surface area contributed by atoms with Crippen LogP contribution in [0.3, 0.4) is 0 Å². The highest BCUT2D eigenvalue weighted by molar-refractivity contribution is 6.32. The molecule has 0 radical (unpaired) electrons. The summed E-state index contributed by atoms with van der Waals surface area (Å²) in [5.74, 6) is 0. The molecule has 2 fully saturated rings. The fourth-order valence-electron chi connectivity index (χ4n) is 3.22. The summed E-state index contributed by atoms with van der Waals surface area (Å²) in [5, 5.41) is 4.54. The van der Waals surface area contributed by atoms with Crippen molar-refractivity contribution in [1.82, 2.24) is 10.2 Å². The van der Waals surface area contributed by atoms with E-state index in [-0.39, 0.29) is 12.4 Å². The Balaban J connectivity index is 0.00000147. The molecule has 0 saturated carbocycles. The number of nitrogens with zero attached hydrogens (tertiary/aromatic N) is 1. The standard InChI is InChI=1S/C15H21ClN2O.ClH/c1-11-3-2-4-12(14(11)16)15-13(5-6-17-15)18-7-9-19-10-8-18;/h2-4,13,15,17H,5-10H2,1H3;1H/t13-,15-;/m1./s1. The number of aryl methyl sites for hydroxylation is 1. The Labute approximate surface area is 132 Å². The van der Waals surface area contributed by atoms with Crippen LogP contribution in [0.2, 0.25) is 5.02 Å².